The van der Waals surface area contributed by atoms with Gasteiger partial charge in [0, 0.05) is 23.7 Å². The smallest absolute Gasteiger partial charge is 0.238 e. The van der Waals surface area contributed by atoms with Crippen molar-refractivity contribution in [2.75, 3.05) is 12.4 Å². The molecule has 0 radical (unpaired) electrons. The molecule has 8 nitrogen and oxygen atoms in total. The number of anilines is 1. The Kier molecular flexibility index (Phi) is 7.37. The highest BCUT2D eigenvalue weighted by Gasteiger charge is 2.27. The molecule has 1 fully saturated rings. The minimum absolute atomic E-state index is 0.0772. The third-order valence-electron chi connectivity index (χ3n) is 6.01. The zero-order valence-corrected chi connectivity index (χ0v) is 20.5. The highest BCUT2D eigenvalue weighted by molar-refractivity contribution is 8.00. The number of nitrogens with zero attached hydrogens (tertiary/aromatic N) is 5. The monoisotopic (exact) mass is 468 g/mol. The van der Waals surface area contributed by atoms with Crippen LogP contribution in [0.2, 0.25) is 0 Å². The fourth-order valence-corrected chi connectivity index (χ4v) is 5.15. The first-order chi connectivity index (χ1) is 16.0. The van der Waals surface area contributed by atoms with Gasteiger partial charge in [0.1, 0.15) is 11.6 Å². The van der Waals surface area contributed by atoms with Crippen molar-refractivity contribution < 1.29 is 9.53 Å². The molecule has 0 saturated heterocycles. The molecule has 1 atom stereocenters. The second-order valence-electron chi connectivity index (χ2n) is 8.70. The Hall–Kier alpha value is -2.81. The lowest BCUT2D eigenvalue weighted by Crippen LogP contribution is -2.25. The first-order valence-electron chi connectivity index (χ1n) is 11.6. The number of hydrogen-bond acceptors (Lipinski definition) is 6. The predicted octanol–water partition coefficient (Wildman–Crippen LogP) is 5.36. The van der Waals surface area contributed by atoms with Gasteiger partial charge >= 0.3 is 0 Å². The summed E-state index contributed by atoms with van der Waals surface area (Å²) in [5.74, 6) is 2.28. The van der Waals surface area contributed by atoms with Crippen molar-refractivity contribution >= 4 is 23.5 Å². The van der Waals surface area contributed by atoms with E-state index in [0.29, 0.717) is 11.9 Å². The van der Waals surface area contributed by atoms with Crippen LogP contribution in [0.3, 0.4) is 0 Å². The maximum atomic E-state index is 13.0. The van der Waals surface area contributed by atoms with Crippen LogP contribution in [0.15, 0.2) is 41.7 Å². The Morgan fingerprint density at radius 1 is 1.09 bits per heavy atom. The molecule has 33 heavy (non-hydrogen) atoms. The lowest BCUT2D eigenvalue weighted by Gasteiger charge is -2.26. The molecular formula is C24H32N6O2S. The molecule has 1 aliphatic rings. The van der Waals surface area contributed by atoms with Gasteiger partial charge < -0.3 is 10.1 Å². The first-order valence-corrected chi connectivity index (χ1v) is 12.5. The Labute approximate surface area is 199 Å². The Morgan fingerprint density at radius 2 is 1.82 bits per heavy atom. The molecule has 1 N–H and O–H groups in total. The Morgan fingerprint density at radius 3 is 2.48 bits per heavy atom. The van der Waals surface area contributed by atoms with E-state index in [1.54, 1.807) is 13.3 Å². The Bertz CT molecular complexity index is 1070. The molecule has 0 aliphatic heterocycles. The quantitative estimate of drug-likeness (QED) is 0.448. The molecule has 1 saturated carbocycles. The average molecular weight is 469 g/mol. The number of ether oxygens (including phenoxy) is 1. The summed E-state index contributed by atoms with van der Waals surface area (Å²) in [4.78, 5) is 13.0. The van der Waals surface area contributed by atoms with Crippen LogP contribution >= 0.6 is 11.8 Å². The summed E-state index contributed by atoms with van der Waals surface area (Å²) >= 11 is 1.45. The number of thioether (sulfide) groups is 1. The summed E-state index contributed by atoms with van der Waals surface area (Å²) in [5.41, 5.74) is 0.999. The maximum absolute atomic E-state index is 13.0. The topological polar surface area (TPSA) is 86.9 Å². The summed E-state index contributed by atoms with van der Waals surface area (Å²) in [6.07, 6.45) is 7.57. The van der Waals surface area contributed by atoms with E-state index < -0.39 is 0 Å². The number of carbonyl (C=O) groups excluding carboxylic acids is 1. The van der Waals surface area contributed by atoms with Gasteiger partial charge in [-0.3, -0.25) is 9.36 Å². The minimum Gasteiger partial charge on any atom is -0.497 e. The number of methoxy groups -OCH3 is 1. The highest BCUT2D eigenvalue weighted by Crippen LogP contribution is 2.37. The molecule has 0 spiro atoms. The molecule has 176 valence electrons. The van der Waals surface area contributed by atoms with Crippen LogP contribution in [0.4, 0.5) is 5.82 Å². The van der Waals surface area contributed by atoms with Gasteiger partial charge in [0.15, 0.2) is 11.0 Å². The fourth-order valence-electron chi connectivity index (χ4n) is 4.23. The van der Waals surface area contributed by atoms with Gasteiger partial charge in [-0.25, -0.2) is 4.68 Å². The van der Waals surface area contributed by atoms with E-state index >= 15 is 0 Å². The van der Waals surface area contributed by atoms with E-state index in [0.717, 1.165) is 35.1 Å². The van der Waals surface area contributed by atoms with E-state index in [2.05, 4.69) is 25.2 Å². The molecule has 4 rings (SSSR count). The lowest BCUT2D eigenvalue weighted by molar-refractivity contribution is -0.115. The van der Waals surface area contributed by atoms with Crippen molar-refractivity contribution in [1.82, 2.24) is 24.5 Å². The van der Waals surface area contributed by atoms with Gasteiger partial charge in [0.05, 0.1) is 18.6 Å². The van der Waals surface area contributed by atoms with E-state index in [1.807, 2.05) is 55.8 Å². The van der Waals surface area contributed by atoms with Crippen molar-refractivity contribution in [1.29, 1.82) is 0 Å². The number of amides is 1. The molecule has 0 bridgehead atoms. The summed E-state index contributed by atoms with van der Waals surface area (Å²) in [6.45, 7) is 5.98. The second-order valence-corrected chi connectivity index (χ2v) is 10.0. The van der Waals surface area contributed by atoms with Gasteiger partial charge in [0.2, 0.25) is 5.91 Å². The fraction of sp³-hybridized carbons (Fsp3) is 0.500. The average Bonchev–Trinajstić information content (AvgIpc) is 3.47. The van der Waals surface area contributed by atoms with Crippen LogP contribution < -0.4 is 10.1 Å². The number of rotatable bonds is 8. The summed E-state index contributed by atoms with van der Waals surface area (Å²) in [6, 6.07) is 10.2. The van der Waals surface area contributed by atoms with Crippen LogP contribution in [0.5, 0.6) is 5.75 Å². The zero-order chi connectivity index (χ0) is 23.4. The summed E-state index contributed by atoms with van der Waals surface area (Å²) in [5, 5.41) is 16.8. The van der Waals surface area contributed by atoms with Gasteiger partial charge in [-0.15, -0.1) is 10.2 Å². The van der Waals surface area contributed by atoms with Crippen molar-refractivity contribution in [2.45, 2.75) is 75.4 Å². The molecule has 2 heterocycles. The molecule has 9 heteroatoms. The lowest BCUT2D eigenvalue weighted by atomic mass is 9.95. The van der Waals surface area contributed by atoms with Crippen LogP contribution in [0, 0.1) is 0 Å². The van der Waals surface area contributed by atoms with Gasteiger partial charge in [-0.05, 0) is 57.9 Å². The molecule has 3 aromatic rings. The van der Waals surface area contributed by atoms with Crippen molar-refractivity contribution in [3.05, 3.63) is 36.5 Å². The molecule has 2 aromatic heterocycles. The van der Waals surface area contributed by atoms with Gasteiger partial charge in [-0.2, -0.15) is 5.10 Å². The van der Waals surface area contributed by atoms with Gasteiger partial charge in [0.25, 0.3) is 0 Å². The zero-order valence-electron chi connectivity index (χ0n) is 19.7. The summed E-state index contributed by atoms with van der Waals surface area (Å²) in [7, 11) is 1.66. The number of carbonyl (C=O) groups is 1. The van der Waals surface area contributed by atoms with Crippen LogP contribution in [-0.4, -0.2) is 42.8 Å². The molecule has 1 aromatic carbocycles. The number of aromatic nitrogens is 5. The Balaban J connectivity index is 1.57. The highest BCUT2D eigenvalue weighted by atomic mass is 32.2. The summed E-state index contributed by atoms with van der Waals surface area (Å²) < 4.78 is 9.36. The first kappa shape index (κ1) is 23.4. The van der Waals surface area contributed by atoms with Gasteiger partial charge in [-0.1, -0.05) is 31.0 Å². The minimum atomic E-state index is -0.337. The number of benzene rings is 1. The van der Waals surface area contributed by atoms with E-state index in [4.69, 9.17) is 4.74 Å². The molecule has 1 unspecified atom stereocenters. The normalized spacial score (nSPS) is 15.5. The third kappa shape index (κ3) is 5.24. The number of hydrogen-bond donors (Lipinski definition) is 1. The van der Waals surface area contributed by atoms with Crippen LogP contribution in [0.1, 0.15) is 65.0 Å². The van der Waals surface area contributed by atoms with Crippen molar-refractivity contribution in [3.63, 3.8) is 0 Å². The van der Waals surface area contributed by atoms with E-state index in [1.165, 1.54) is 31.0 Å². The molecular weight excluding hydrogens is 436 g/mol. The van der Waals surface area contributed by atoms with Crippen molar-refractivity contribution in [2.24, 2.45) is 0 Å². The molecule has 1 aliphatic carbocycles. The third-order valence-corrected chi connectivity index (χ3v) is 7.07. The molecule has 1 amide bonds. The largest absolute Gasteiger partial charge is 0.497 e. The SMILES string of the molecule is COc1ccc(-c2nnc(SC(C)C(=O)Nc3ccnn3C(C)C)n2C2CCCCC2)cc1. The van der Waals surface area contributed by atoms with Crippen LogP contribution in [-0.2, 0) is 4.79 Å². The number of nitrogens with one attached hydrogen (secondary N) is 1. The second kappa shape index (κ2) is 10.4. The standard InChI is InChI=1S/C24H32N6O2S/c1-16(2)30-21(14-15-25-30)26-23(31)17(3)33-24-28-27-22(18-10-12-20(32-4)13-11-18)29(24)19-8-6-5-7-9-19/h10-17,19H,5-9H2,1-4H3,(H,26,31). The van der Waals surface area contributed by atoms with E-state index in [-0.39, 0.29) is 17.2 Å². The van der Waals surface area contributed by atoms with E-state index in [9.17, 15) is 4.79 Å². The van der Waals surface area contributed by atoms with Crippen molar-refractivity contribution in [3.8, 4) is 17.1 Å². The van der Waals surface area contributed by atoms with Crippen LogP contribution in [0.25, 0.3) is 11.4 Å². The predicted molar refractivity (Wildman–Crippen MR) is 131 cm³/mol. The maximum Gasteiger partial charge on any atom is 0.238 e.